The third kappa shape index (κ3) is 3.69. The molecule has 1 saturated heterocycles. The first-order valence-electron chi connectivity index (χ1n) is 6.16. The van der Waals surface area contributed by atoms with Gasteiger partial charge in [-0.25, -0.2) is 0 Å². The molecule has 2 heterocycles. The first kappa shape index (κ1) is 12.9. The Hall–Kier alpha value is -0.580. The molecule has 0 spiro atoms. The molecule has 1 aromatic rings. The Labute approximate surface area is 107 Å². The van der Waals surface area contributed by atoms with Crippen molar-refractivity contribution in [3.8, 4) is 0 Å². The van der Waals surface area contributed by atoms with E-state index in [4.69, 9.17) is 10.5 Å². The number of nitrogens with zero attached hydrogens (tertiary/aromatic N) is 1. The summed E-state index contributed by atoms with van der Waals surface area (Å²) >= 11 is 1.99. The monoisotopic (exact) mass is 252 g/mol. The maximum Gasteiger partial charge on any atom is 0.0476 e. The highest BCUT2D eigenvalue weighted by Gasteiger charge is 2.23. The van der Waals surface area contributed by atoms with Crippen LogP contribution in [0.2, 0.25) is 0 Å². The quantitative estimate of drug-likeness (QED) is 0.894. The number of ether oxygens (including phenoxy) is 1. The highest BCUT2D eigenvalue weighted by molar-refractivity contribution is 8.00. The van der Waals surface area contributed by atoms with Crippen molar-refractivity contribution < 1.29 is 4.74 Å². The molecule has 3 nitrogen and oxygen atoms in total. The fourth-order valence-electron chi connectivity index (χ4n) is 2.08. The van der Waals surface area contributed by atoms with Crippen molar-refractivity contribution in [3.63, 3.8) is 0 Å². The molecule has 2 unspecified atom stereocenters. The van der Waals surface area contributed by atoms with Gasteiger partial charge in [0.05, 0.1) is 0 Å². The Balaban J connectivity index is 2.02. The molecule has 2 atom stereocenters. The number of nitrogens with two attached hydrogens (primary N) is 1. The lowest BCUT2D eigenvalue weighted by Crippen LogP contribution is -2.26. The normalized spacial score (nSPS) is 21.1. The standard InChI is InChI=1S/C13H20N2OS/c1-10(14)13(11-2-6-15-7-3-11)17-12-4-8-16-9-5-12/h2-3,6-7,10,12-13H,4-5,8-9,14H2,1H3. The molecule has 0 aromatic carbocycles. The van der Waals surface area contributed by atoms with Crippen LogP contribution in [-0.2, 0) is 4.74 Å². The SMILES string of the molecule is CC(N)C(SC1CCOCC1)c1ccncc1. The molecule has 1 fully saturated rings. The van der Waals surface area contributed by atoms with Gasteiger partial charge in [-0.2, -0.15) is 0 Å². The van der Waals surface area contributed by atoms with Crippen molar-refractivity contribution in [2.45, 2.75) is 36.3 Å². The van der Waals surface area contributed by atoms with Gasteiger partial charge in [0.1, 0.15) is 0 Å². The zero-order chi connectivity index (χ0) is 12.1. The lowest BCUT2D eigenvalue weighted by Gasteiger charge is -2.28. The van der Waals surface area contributed by atoms with Crippen molar-refractivity contribution >= 4 is 11.8 Å². The summed E-state index contributed by atoms with van der Waals surface area (Å²) in [6.07, 6.45) is 5.96. The second-order valence-electron chi connectivity index (χ2n) is 4.51. The van der Waals surface area contributed by atoms with Gasteiger partial charge < -0.3 is 10.5 Å². The third-order valence-electron chi connectivity index (χ3n) is 3.02. The number of aromatic nitrogens is 1. The van der Waals surface area contributed by atoms with Gasteiger partial charge in [-0.1, -0.05) is 0 Å². The Bertz CT molecular complexity index is 325. The third-order valence-corrected chi connectivity index (χ3v) is 4.87. The molecular formula is C13H20N2OS. The van der Waals surface area contributed by atoms with Crippen molar-refractivity contribution in [1.82, 2.24) is 4.98 Å². The molecule has 1 aliphatic heterocycles. The van der Waals surface area contributed by atoms with Gasteiger partial charge in [-0.05, 0) is 37.5 Å². The Kier molecular flexibility index (Phi) is 4.83. The van der Waals surface area contributed by atoms with Crippen LogP contribution in [0.3, 0.4) is 0 Å². The highest BCUT2D eigenvalue weighted by Crippen LogP contribution is 2.37. The Morgan fingerprint density at radius 2 is 2.00 bits per heavy atom. The summed E-state index contributed by atoms with van der Waals surface area (Å²) in [6, 6.07) is 4.30. The number of hydrogen-bond acceptors (Lipinski definition) is 4. The molecule has 94 valence electrons. The van der Waals surface area contributed by atoms with Crippen LogP contribution < -0.4 is 5.73 Å². The fraction of sp³-hybridized carbons (Fsp3) is 0.615. The van der Waals surface area contributed by atoms with E-state index in [1.54, 1.807) is 0 Å². The van der Waals surface area contributed by atoms with E-state index in [1.165, 1.54) is 5.56 Å². The summed E-state index contributed by atoms with van der Waals surface area (Å²) in [5, 5.41) is 1.04. The van der Waals surface area contributed by atoms with E-state index in [0.717, 1.165) is 26.1 Å². The van der Waals surface area contributed by atoms with Gasteiger partial charge in [0, 0.05) is 42.1 Å². The minimum absolute atomic E-state index is 0.158. The predicted molar refractivity (Wildman–Crippen MR) is 72.1 cm³/mol. The topological polar surface area (TPSA) is 48.1 Å². The van der Waals surface area contributed by atoms with E-state index in [1.807, 2.05) is 24.2 Å². The van der Waals surface area contributed by atoms with Crippen molar-refractivity contribution in [1.29, 1.82) is 0 Å². The van der Waals surface area contributed by atoms with Crippen LogP contribution in [0.5, 0.6) is 0 Å². The molecule has 0 amide bonds. The van der Waals surface area contributed by atoms with E-state index in [2.05, 4.69) is 24.0 Å². The lowest BCUT2D eigenvalue weighted by molar-refractivity contribution is 0.0999. The molecule has 2 N–H and O–H groups in total. The van der Waals surface area contributed by atoms with Crippen LogP contribution in [0, 0.1) is 0 Å². The first-order valence-corrected chi connectivity index (χ1v) is 7.10. The van der Waals surface area contributed by atoms with Crippen LogP contribution in [0.1, 0.15) is 30.6 Å². The smallest absolute Gasteiger partial charge is 0.0476 e. The molecule has 4 heteroatoms. The predicted octanol–water partition coefficient (Wildman–Crippen LogP) is 2.38. The summed E-state index contributed by atoms with van der Waals surface area (Å²) < 4.78 is 5.39. The molecule has 0 saturated carbocycles. The van der Waals surface area contributed by atoms with Crippen molar-refractivity contribution in [2.75, 3.05) is 13.2 Å². The van der Waals surface area contributed by atoms with Crippen LogP contribution in [0.4, 0.5) is 0 Å². The lowest BCUT2D eigenvalue weighted by atomic mass is 10.1. The Morgan fingerprint density at radius 1 is 1.35 bits per heavy atom. The van der Waals surface area contributed by atoms with Gasteiger partial charge in [-0.15, -0.1) is 11.8 Å². The van der Waals surface area contributed by atoms with Crippen LogP contribution in [0.15, 0.2) is 24.5 Å². The van der Waals surface area contributed by atoms with Crippen LogP contribution in [0.25, 0.3) is 0 Å². The van der Waals surface area contributed by atoms with E-state index >= 15 is 0 Å². The number of rotatable bonds is 4. The molecular weight excluding hydrogens is 232 g/mol. The molecule has 0 aliphatic carbocycles. The average Bonchev–Trinajstić information content (AvgIpc) is 2.38. The Morgan fingerprint density at radius 3 is 2.59 bits per heavy atom. The molecule has 0 radical (unpaired) electrons. The fourth-order valence-corrected chi connectivity index (χ4v) is 3.52. The second kappa shape index (κ2) is 6.38. The number of thioether (sulfide) groups is 1. The average molecular weight is 252 g/mol. The maximum absolute atomic E-state index is 6.11. The highest BCUT2D eigenvalue weighted by atomic mass is 32.2. The van der Waals surface area contributed by atoms with Gasteiger partial charge in [0.25, 0.3) is 0 Å². The van der Waals surface area contributed by atoms with Crippen molar-refractivity contribution in [2.24, 2.45) is 5.73 Å². The minimum atomic E-state index is 0.158. The molecule has 0 bridgehead atoms. The molecule has 2 rings (SSSR count). The number of hydrogen-bond donors (Lipinski definition) is 1. The van der Waals surface area contributed by atoms with E-state index in [0.29, 0.717) is 10.5 Å². The molecule has 1 aromatic heterocycles. The summed E-state index contributed by atoms with van der Waals surface area (Å²) in [5.74, 6) is 0. The minimum Gasteiger partial charge on any atom is -0.381 e. The summed E-state index contributed by atoms with van der Waals surface area (Å²) in [5.41, 5.74) is 7.40. The maximum atomic E-state index is 6.11. The van der Waals surface area contributed by atoms with Crippen LogP contribution in [-0.4, -0.2) is 29.5 Å². The van der Waals surface area contributed by atoms with E-state index in [-0.39, 0.29) is 6.04 Å². The summed E-state index contributed by atoms with van der Waals surface area (Å²) in [4.78, 5) is 4.06. The first-order chi connectivity index (χ1) is 8.27. The summed E-state index contributed by atoms with van der Waals surface area (Å²) in [6.45, 7) is 3.86. The molecule has 17 heavy (non-hydrogen) atoms. The summed E-state index contributed by atoms with van der Waals surface area (Å²) in [7, 11) is 0. The van der Waals surface area contributed by atoms with Gasteiger partial charge in [0.2, 0.25) is 0 Å². The van der Waals surface area contributed by atoms with Crippen molar-refractivity contribution in [3.05, 3.63) is 30.1 Å². The van der Waals surface area contributed by atoms with E-state index < -0.39 is 0 Å². The van der Waals surface area contributed by atoms with Crippen LogP contribution >= 0.6 is 11.8 Å². The van der Waals surface area contributed by atoms with Gasteiger partial charge in [0.15, 0.2) is 0 Å². The zero-order valence-corrected chi connectivity index (χ0v) is 11.0. The zero-order valence-electron chi connectivity index (χ0n) is 10.2. The van der Waals surface area contributed by atoms with Gasteiger partial charge in [-0.3, -0.25) is 4.98 Å². The van der Waals surface area contributed by atoms with E-state index in [9.17, 15) is 0 Å². The second-order valence-corrected chi connectivity index (χ2v) is 5.95. The molecule has 1 aliphatic rings. The largest absolute Gasteiger partial charge is 0.381 e. The van der Waals surface area contributed by atoms with Gasteiger partial charge >= 0.3 is 0 Å². The number of pyridine rings is 1.